The summed E-state index contributed by atoms with van der Waals surface area (Å²) in [5, 5.41) is 13.6. The normalized spacial score (nSPS) is 11.0. The highest BCUT2D eigenvalue weighted by molar-refractivity contribution is 7.89. The van der Waals surface area contributed by atoms with E-state index in [1.807, 2.05) is 0 Å². The van der Waals surface area contributed by atoms with Crippen LogP contribution in [0.4, 0.5) is 11.4 Å². The van der Waals surface area contributed by atoms with E-state index in [4.69, 9.17) is 9.47 Å². The molecule has 140 valence electrons. The Morgan fingerprint density at radius 3 is 2.23 bits per heavy atom. The number of ether oxygens (including phenoxy) is 2. The lowest BCUT2D eigenvalue weighted by Crippen LogP contribution is -2.29. The minimum Gasteiger partial charge on any atom is -0.493 e. The lowest BCUT2D eigenvalue weighted by Gasteiger charge is -2.11. The lowest BCUT2D eigenvalue weighted by atomic mass is 10.3. The summed E-state index contributed by atoms with van der Waals surface area (Å²) in [5.74, 6) is 0.755. The van der Waals surface area contributed by atoms with Gasteiger partial charge in [-0.15, -0.1) is 0 Å². The molecule has 0 fully saturated rings. The van der Waals surface area contributed by atoms with Crippen molar-refractivity contribution in [2.75, 3.05) is 32.6 Å². The SMILES string of the molecule is COc1ccc(S(=O)(=O)NCCNc2ccc([N+](=O)[O-])cc2)cc1OC. The number of hydrogen-bond acceptors (Lipinski definition) is 7. The summed E-state index contributed by atoms with van der Waals surface area (Å²) in [6.07, 6.45) is 0. The predicted molar refractivity (Wildman–Crippen MR) is 96.3 cm³/mol. The molecule has 0 spiro atoms. The van der Waals surface area contributed by atoms with Crippen molar-refractivity contribution in [3.63, 3.8) is 0 Å². The monoisotopic (exact) mass is 381 g/mol. The van der Waals surface area contributed by atoms with Crippen LogP contribution in [0.15, 0.2) is 47.4 Å². The van der Waals surface area contributed by atoms with Gasteiger partial charge in [0.1, 0.15) is 0 Å². The standard InChI is InChI=1S/C16H19N3O6S/c1-24-15-8-7-14(11-16(15)25-2)26(22,23)18-10-9-17-12-3-5-13(6-4-12)19(20)21/h3-8,11,17-18H,9-10H2,1-2H3. The van der Waals surface area contributed by atoms with Crippen molar-refractivity contribution in [1.82, 2.24) is 4.72 Å². The molecule has 2 aromatic rings. The number of nitro benzene ring substituents is 1. The molecule has 0 bridgehead atoms. The molecular formula is C16H19N3O6S. The maximum absolute atomic E-state index is 12.3. The Balaban J connectivity index is 1.93. The summed E-state index contributed by atoms with van der Waals surface area (Å²) in [4.78, 5) is 10.2. The van der Waals surface area contributed by atoms with Gasteiger partial charge in [0.25, 0.3) is 5.69 Å². The highest BCUT2D eigenvalue weighted by Crippen LogP contribution is 2.29. The molecule has 9 nitrogen and oxygen atoms in total. The topological polar surface area (TPSA) is 120 Å². The van der Waals surface area contributed by atoms with E-state index in [1.165, 1.54) is 44.6 Å². The number of hydrogen-bond donors (Lipinski definition) is 2. The first-order chi connectivity index (χ1) is 12.4. The van der Waals surface area contributed by atoms with Crippen LogP contribution in [-0.2, 0) is 10.0 Å². The molecule has 0 aliphatic rings. The van der Waals surface area contributed by atoms with Crippen molar-refractivity contribution < 1.29 is 22.8 Å². The third kappa shape index (κ3) is 4.83. The van der Waals surface area contributed by atoms with Crippen LogP contribution < -0.4 is 19.5 Å². The smallest absolute Gasteiger partial charge is 0.269 e. The molecule has 0 radical (unpaired) electrons. The highest BCUT2D eigenvalue weighted by atomic mass is 32.2. The van der Waals surface area contributed by atoms with Gasteiger partial charge in [-0.05, 0) is 24.3 Å². The molecule has 10 heteroatoms. The molecule has 26 heavy (non-hydrogen) atoms. The van der Waals surface area contributed by atoms with Gasteiger partial charge in [0.2, 0.25) is 10.0 Å². The fourth-order valence-electron chi connectivity index (χ4n) is 2.16. The Bertz CT molecular complexity index is 868. The van der Waals surface area contributed by atoms with Crippen LogP contribution in [0.5, 0.6) is 11.5 Å². The number of nitrogens with zero attached hydrogens (tertiary/aromatic N) is 1. The van der Waals surface area contributed by atoms with Gasteiger partial charge in [0.05, 0.1) is 24.0 Å². The van der Waals surface area contributed by atoms with E-state index in [9.17, 15) is 18.5 Å². The van der Waals surface area contributed by atoms with Crippen LogP contribution in [-0.4, -0.2) is 40.7 Å². The second kappa shape index (κ2) is 8.50. The van der Waals surface area contributed by atoms with Crippen LogP contribution in [0, 0.1) is 10.1 Å². The van der Waals surface area contributed by atoms with Gasteiger partial charge >= 0.3 is 0 Å². The van der Waals surface area contributed by atoms with Crippen molar-refractivity contribution in [2.45, 2.75) is 4.90 Å². The fourth-order valence-corrected chi connectivity index (χ4v) is 3.21. The van der Waals surface area contributed by atoms with Crippen molar-refractivity contribution >= 4 is 21.4 Å². The first-order valence-corrected chi connectivity index (χ1v) is 9.05. The zero-order valence-electron chi connectivity index (χ0n) is 14.3. The van der Waals surface area contributed by atoms with Crippen molar-refractivity contribution in [2.24, 2.45) is 0 Å². The van der Waals surface area contributed by atoms with Crippen LogP contribution in [0.1, 0.15) is 0 Å². The van der Waals surface area contributed by atoms with Gasteiger partial charge in [0.15, 0.2) is 11.5 Å². The van der Waals surface area contributed by atoms with E-state index in [2.05, 4.69) is 10.0 Å². The molecule has 2 N–H and O–H groups in total. The Labute approximate surface area is 151 Å². The first kappa shape index (κ1) is 19.5. The second-order valence-electron chi connectivity index (χ2n) is 5.15. The molecule has 0 saturated heterocycles. The summed E-state index contributed by atoms with van der Waals surface area (Å²) in [7, 11) is -0.812. The molecule has 2 aromatic carbocycles. The van der Waals surface area contributed by atoms with Crippen molar-refractivity contribution in [3.05, 3.63) is 52.6 Å². The molecule has 0 aromatic heterocycles. The van der Waals surface area contributed by atoms with Crippen molar-refractivity contribution in [1.29, 1.82) is 0 Å². The summed E-state index contributed by atoms with van der Waals surface area (Å²) < 4.78 is 37.3. The number of anilines is 1. The van der Waals surface area contributed by atoms with Gasteiger partial charge in [-0.2, -0.15) is 0 Å². The molecule has 0 aliphatic heterocycles. The molecule has 0 heterocycles. The quantitative estimate of drug-likeness (QED) is 0.387. The molecule has 0 amide bonds. The van der Waals surface area contributed by atoms with Crippen LogP contribution >= 0.6 is 0 Å². The maximum atomic E-state index is 12.3. The minimum absolute atomic E-state index is 0.00953. The molecular weight excluding hydrogens is 362 g/mol. The number of nitro groups is 1. The lowest BCUT2D eigenvalue weighted by molar-refractivity contribution is -0.384. The predicted octanol–water partition coefficient (Wildman–Crippen LogP) is 2.00. The van der Waals surface area contributed by atoms with Crippen LogP contribution in [0.2, 0.25) is 0 Å². The fraction of sp³-hybridized carbons (Fsp3) is 0.250. The number of non-ortho nitro benzene ring substituents is 1. The maximum Gasteiger partial charge on any atom is 0.269 e. The minimum atomic E-state index is -3.71. The number of rotatable bonds is 9. The van der Waals surface area contributed by atoms with Gasteiger partial charge in [-0.25, -0.2) is 13.1 Å². The van der Waals surface area contributed by atoms with E-state index in [1.54, 1.807) is 12.1 Å². The molecule has 0 atom stereocenters. The zero-order valence-corrected chi connectivity index (χ0v) is 15.1. The van der Waals surface area contributed by atoms with E-state index < -0.39 is 14.9 Å². The largest absolute Gasteiger partial charge is 0.493 e. The Hall–Kier alpha value is -2.85. The summed E-state index contributed by atoms with van der Waals surface area (Å²) in [5.41, 5.74) is 0.644. The number of nitrogens with one attached hydrogen (secondary N) is 2. The average molecular weight is 381 g/mol. The third-order valence-electron chi connectivity index (χ3n) is 3.49. The average Bonchev–Trinajstić information content (AvgIpc) is 2.65. The number of sulfonamides is 1. The Kier molecular flexibility index (Phi) is 6.36. The molecule has 0 aliphatic carbocycles. The van der Waals surface area contributed by atoms with Gasteiger partial charge in [0, 0.05) is 37.0 Å². The Morgan fingerprint density at radius 1 is 1.00 bits per heavy atom. The zero-order chi connectivity index (χ0) is 19.2. The number of methoxy groups -OCH3 is 2. The third-order valence-corrected chi connectivity index (χ3v) is 4.95. The molecule has 2 rings (SSSR count). The van der Waals surface area contributed by atoms with Gasteiger partial charge in [-0.1, -0.05) is 0 Å². The van der Waals surface area contributed by atoms with Gasteiger partial charge in [-0.3, -0.25) is 10.1 Å². The Morgan fingerprint density at radius 2 is 1.65 bits per heavy atom. The summed E-state index contributed by atoms with van der Waals surface area (Å²) >= 11 is 0. The highest BCUT2D eigenvalue weighted by Gasteiger charge is 2.16. The van der Waals surface area contributed by atoms with E-state index in [0.29, 0.717) is 23.7 Å². The molecule has 0 saturated carbocycles. The van der Waals surface area contributed by atoms with Crippen LogP contribution in [0.3, 0.4) is 0 Å². The van der Waals surface area contributed by atoms with E-state index >= 15 is 0 Å². The van der Waals surface area contributed by atoms with Gasteiger partial charge < -0.3 is 14.8 Å². The second-order valence-corrected chi connectivity index (χ2v) is 6.91. The molecule has 0 unspecified atom stereocenters. The summed E-state index contributed by atoms with van der Waals surface area (Å²) in [6.45, 7) is 0.442. The van der Waals surface area contributed by atoms with Crippen molar-refractivity contribution in [3.8, 4) is 11.5 Å². The number of benzene rings is 2. The van der Waals surface area contributed by atoms with E-state index in [-0.39, 0.29) is 17.1 Å². The first-order valence-electron chi connectivity index (χ1n) is 7.57. The van der Waals surface area contributed by atoms with Crippen LogP contribution in [0.25, 0.3) is 0 Å². The van der Waals surface area contributed by atoms with E-state index in [0.717, 1.165) is 0 Å². The summed E-state index contributed by atoms with van der Waals surface area (Å²) in [6, 6.07) is 10.2.